The van der Waals surface area contributed by atoms with Crippen molar-refractivity contribution < 1.29 is 2.78 Å². The van der Waals surface area contributed by atoms with E-state index in [9.17, 15) is 4.79 Å². The molecule has 0 aromatic carbocycles. The molecule has 1 aromatic rings. The molecule has 2 heteroatoms. The standard InChI is InChI=1S/C7H9NO/c1-5-3-7(9)8-4-6(5)2/h3-4H,1-2H3,(H,8,9)/i4D/hD. The highest BCUT2D eigenvalue weighted by molar-refractivity contribution is 5.18. The topological polar surface area (TPSA) is 32.9 Å². The fourth-order valence-electron chi connectivity index (χ4n) is 0.553. The van der Waals surface area contributed by atoms with Crippen molar-refractivity contribution in [1.29, 1.82) is 0 Å². The predicted molar refractivity (Wildman–Crippen MR) is 36.5 cm³/mol. The lowest BCUT2D eigenvalue weighted by molar-refractivity contribution is 1.16. The van der Waals surface area contributed by atoms with Crippen molar-refractivity contribution in [3.05, 3.63) is 33.7 Å². The summed E-state index contributed by atoms with van der Waals surface area (Å²) in [5.74, 6) is 0. The molecule has 1 rings (SSSR count). The van der Waals surface area contributed by atoms with Crippen molar-refractivity contribution in [3.63, 3.8) is 0 Å². The highest BCUT2D eigenvalue weighted by Crippen LogP contribution is 1.97. The summed E-state index contributed by atoms with van der Waals surface area (Å²) in [6, 6.07) is 1.36. The van der Waals surface area contributed by atoms with E-state index >= 15 is 0 Å². The first-order valence-electron chi connectivity index (χ1n) is 3.68. The third kappa shape index (κ3) is 1.19. The number of nitrogens with one attached hydrogen (secondary N) is 1. The van der Waals surface area contributed by atoms with Gasteiger partial charge in [0.1, 0.15) is 0 Å². The molecule has 0 saturated heterocycles. The zero-order valence-corrected chi connectivity index (χ0v) is 5.43. The van der Waals surface area contributed by atoms with Crippen LogP contribution in [0.2, 0.25) is 1.41 Å². The zero-order chi connectivity index (χ0) is 8.59. The monoisotopic (exact) mass is 125 g/mol. The minimum absolute atomic E-state index is 0.0324. The highest BCUT2D eigenvalue weighted by atomic mass is 16.1. The van der Waals surface area contributed by atoms with Gasteiger partial charge in [0, 0.05) is 12.2 Å². The molecule has 9 heavy (non-hydrogen) atoms. The average molecular weight is 125 g/mol. The fraction of sp³-hybridized carbons (Fsp3) is 0.286. The van der Waals surface area contributed by atoms with Gasteiger partial charge in [-0.05, 0) is 25.0 Å². The molecule has 0 spiro atoms. The Labute approximate surface area is 56.4 Å². The van der Waals surface area contributed by atoms with Crippen LogP contribution in [0.25, 0.3) is 0 Å². The Morgan fingerprint density at radius 3 is 3.00 bits per heavy atom. The maximum Gasteiger partial charge on any atom is 0.248 e. The summed E-state index contributed by atoms with van der Waals surface area (Å²) in [5, 5.41) is 0. The Kier molecular flexibility index (Phi) is 0.884. The lowest BCUT2D eigenvalue weighted by Gasteiger charge is -1.93. The number of hydrogen-bond donors (Lipinski definition) is 1. The molecule has 48 valence electrons. The van der Waals surface area contributed by atoms with E-state index in [4.69, 9.17) is 2.78 Å². The summed E-state index contributed by atoms with van der Waals surface area (Å²) in [6.45, 7) is 3.48. The molecular weight excluding hydrogens is 114 g/mol. The van der Waals surface area contributed by atoms with Crippen LogP contribution in [0.5, 0.6) is 0 Å². The van der Waals surface area contributed by atoms with Gasteiger partial charge in [-0.3, -0.25) is 4.79 Å². The van der Waals surface area contributed by atoms with Gasteiger partial charge < -0.3 is 4.98 Å². The van der Waals surface area contributed by atoms with Crippen LogP contribution >= 0.6 is 0 Å². The van der Waals surface area contributed by atoms with Crippen LogP contribution in [-0.2, 0) is 0 Å². The molecule has 0 fully saturated rings. The molecule has 0 aliphatic carbocycles. The molecular formula is C7H9NO. The van der Waals surface area contributed by atoms with Crippen LogP contribution in [0, 0.1) is 13.8 Å². The highest BCUT2D eigenvalue weighted by Gasteiger charge is 1.89. The number of rotatable bonds is 0. The molecule has 0 saturated carbocycles. The van der Waals surface area contributed by atoms with Gasteiger partial charge in [-0.2, -0.15) is 0 Å². The van der Waals surface area contributed by atoms with E-state index < -0.39 is 5.56 Å². The minimum Gasteiger partial charge on any atom is -0.329 e. The van der Waals surface area contributed by atoms with Crippen LogP contribution in [0.4, 0.5) is 0 Å². The van der Waals surface area contributed by atoms with Crippen molar-refractivity contribution in [2.75, 3.05) is 0 Å². The van der Waals surface area contributed by atoms with Crippen LogP contribution in [-0.4, -0.2) is 4.98 Å². The van der Waals surface area contributed by atoms with Gasteiger partial charge in [-0.25, -0.2) is 0 Å². The van der Waals surface area contributed by atoms with Crippen molar-refractivity contribution >= 4 is 0 Å². The van der Waals surface area contributed by atoms with Crippen LogP contribution in [0.3, 0.4) is 0 Å². The van der Waals surface area contributed by atoms with Crippen LogP contribution in [0.15, 0.2) is 17.0 Å². The average Bonchev–Trinajstić information content (AvgIpc) is 1.97. The summed E-state index contributed by atoms with van der Waals surface area (Å²) < 4.78 is 14.4. The van der Waals surface area contributed by atoms with Gasteiger partial charge >= 0.3 is 0 Å². The van der Waals surface area contributed by atoms with Gasteiger partial charge in [0.15, 0.2) is 1.41 Å². The summed E-state index contributed by atoms with van der Waals surface area (Å²) in [7, 11) is 0. The van der Waals surface area contributed by atoms with Gasteiger partial charge in [-0.1, -0.05) is 0 Å². The number of aryl methyl sites for hydroxylation is 1. The summed E-state index contributed by atoms with van der Waals surface area (Å²) >= 11 is 0. The Bertz CT molecular complexity index is 343. The second-order valence-corrected chi connectivity index (χ2v) is 2.01. The third-order valence-electron chi connectivity index (χ3n) is 1.27. The molecule has 1 heterocycles. The summed E-state index contributed by atoms with van der Waals surface area (Å²) in [5.41, 5.74) is 1.00. The van der Waals surface area contributed by atoms with Crippen LogP contribution < -0.4 is 5.56 Å². The number of pyridine rings is 1. The Morgan fingerprint density at radius 2 is 2.33 bits per heavy atom. The summed E-state index contributed by atoms with van der Waals surface area (Å²) in [6.07, 6.45) is -0.0324. The fourth-order valence-corrected chi connectivity index (χ4v) is 0.553. The zero-order valence-electron chi connectivity index (χ0n) is 7.43. The Morgan fingerprint density at radius 1 is 1.67 bits per heavy atom. The van der Waals surface area contributed by atoms with Gasteiger partial charge in [0.25, 0.3) is 0 Å². The lowest BCUT2D eigenvalue weighted by Crippen LogP contribution is -2.03. The van der Waals surface area contributed by atoms with Gasteiger partial charge in [-0.15, -0.1) is 0 Å². The van der Waals surface area contributed by atoms with Gasteiger partial charge in [0.05, 0.1) is 1.37 Å². The number of aromatic nitrogens is 1. The molecule has 0 aliphatic heterocycles. The van der Waals surface area contributed by atoms with Gasteiger partial charge in [0.2, 0.25) is 5.56 Å². The maximum atomic E-state index is 10.9. The molecule has 0 amide bonds. The second-order valence-electron chi connectivity index (χ2n) is 2.01. The molecule has 0 aliphatic rings. The largest absolute Gasteiger partial charge is 0.329 e. The smallest absolute Gasteiger partial charge is 0.248 e. The molecule has 1 N–H and O–H groups in total. The summed E-state index contributed by atoms with van der Waals surface area (Å²) in [4.78, 5) is 11.5. The van der Waals surface area contributed by atoms with E-state index in [2.05, 4.69) is 0 Å². The first-order chi connectivity index (χ1) is 5.04. The molecule has 0 bridgehead atoms. The van der Waals surface area contributed by atoms with E-state index in [1.54, 1.807) is 13.8 Å². The SMILES string of the molecule is [2H]c1c(C)c(C)cc(=O)n1[2H]. The molecule has 0 atom stereocenters. The maximum absolute atomic E-state index is 10.9. The van der Waals surface area contributed by atoms with E-state index in [1.165, 1.54) is 6.07 Å². The van der Waals surface area contributed by atoms with Crippen LogP contribution in [0.1, 0.15) is 12.5 Å². The van der Waals surface area contributed by atoms with E-state index in [0.717, 1.165) is 5.56 Å². The van der Waals surface area contributed by atoms with Crippen molar-refractivity contribution in [2.24, 2.45) is 0 Å². The number of aromatic amines is 1. The Hall–Kier alpha value is -1.05. The third-order valence-corrected chi connectivity index (χ3v) is 1.27. The van der Waals surface area contributed by atoms with E-state index in [0.29, 0.717) is 10.5 Å². The first kappa shape index (κ1) is 3.88. The van der Waals surface area contributed by atoms with Crippen molar-refractivity contribution in [1.82, 2.24) is 4.98 Å². The first-order valence-corrected chi connectivity index (χ1v) is 2.73. The normalized spacial score (nSPS) is 12.7. The molecule has 0 unspecified atom stereocenters. The lowest BCUT2D eigenvalue weighted by atomic mass is 10.2. The minimum atomic E-state index is -0.446. The predicted octanol–water partition coefficient (Wildman–Crippen LogP) is 0.992. The van der Waals surface area contributed by atoms with E-state index in [-0.39, 0.29) is 6.17 Å². The Balaban J connectivity index is 3.59. The quantitative estimate of drug-likeness (QED) is 0.551. The number of H-pyrrole nitrogens is 1. The molecule has 0 radical (unpaired) electrons. The van der Waals surface area contributed by atoms with E-state index in [1.807, 2.05) is 0 Å². The second kappa shape index (κ2) is 2.05. The molecule has 2 nitrogen and oxygen atoms in total. The number of hydrogen-bond acceptors (Lipinski definition) is 1. The van der Waals surface area contributed by atoms with Crippen molar-refractivity contribution in [2.45, 2.75) is 13.8 Å². The van der Waals surface area contributed by atoms with Crippen molar-refractivity contribution in [3.8, 4) is 0 Å². The molecule has 1 aromatic heterocycles.